The van der Waals surface area contributed by atoms with Crippen molar-refractivity contribution in [2.45, 2.75) is 25.9 Å². The number of oxazole rings is 1. The summed E-state index contributed by atoms with van der Waals surface area (Å²) >= 11 is 0. The van der Waals surface area contributed by atoms with Crippen molar-refractivity contribution >= 4 is 11.6 Å². The zero-order valence-corrected chi connectivity index (χ0v) is 15.1. The van der Waals surface area contributed by atoms with E-state index >= 15 is 0 Å². The van der Waals surface area contributed by atoms with Gasteiger partial charge in [0, 0.05) is 11.1 Å². The third-order valence-corrected chi connectivity index (χ3v) is 4.35. The second kappa shape index (κ2) is 7.42. The van der Waals surface area contributed by atoms with E-state index in [1.54, 1.807) is 48.5 Å². The van der Waals surface area contributed by atoms with Crippen LogP contribution in [0.1, 0.15) is 63.3 Å². The summed E-state index contributed by atoms with van der Waals surface area (Å²) in [5.41, 5.74) is 2.24. The van der Waals surface area contributed by atoms with Crippen molar-refractivity contribution in [3.8, 4) is 0 Å². The smallest absolute Gasteiger partial charge is 0.437 e. The number of Topliss-reactive ketones (excluding diaryl/α,β-unsaturated/α-hetero) is 2. The van der Waals surface area contributed by atoms with Crippen LogP contribution in [0.15, 0.2) is 59.1 Å². The molecular formula is C21H16F3NO3. The van der Waals surface area contributed by atoms with Crippen LogP contribution in [0, 0.1) is 0 Å². The summed E-state index contributed by atoms with van der Waals surface area (Å²) in [4.78, 5) is 26.3. The molecule has 0 fully saturated rings. The van der Waals surface area contributed by atoms with Crippen LogP contribution in [0.2, 0.25) is 0 Å². The molecule has 0 aliphatic carbocycles. The van der Waals surface area contributed by atoms with Crippen molar-refractivity contribution < 1.29 is 27.2 Å². The van der Waals surface area contributed by atoms with E-state index in [1.807, 2.05) is 0 Å². The fraction of sp³-hybridized carbons (Fsp3) is 0.190. The molecule has 3 aromatic rings. The van der Waals surface area contributed by atoms with E-state index in [9.17, 15) is 22.8 Å². The van der Waals surface area contributed by atoms with E-state index in [1.165, 1.54) is 13.8 Å². The van der Waals surface area contributed by atoms with Gasteiger partial charge in [-0.2, -0.15) is 13.2 Å². The number of hydrogen-bond acceptors (Lipinski definition) is 4. The Labute approximate surface area is 159 Å². The zero-order valence-electron chi connectivity index (χ0n) is 15.1. The molecule has 0 radical (unpaired) electrons. The second-order valence-electron chi connectivity index (χ2n) is 6.35. The number of carbonyl (C=O) groups excluding carboxylic acids is 2. The molecule has 144 valence electrons. The van der Waals surface area contributed by atoms with Gasteiger partial charge < -0.3 is 4.42 Å². The number of benzene rings is 2. The van der Waals surface area contributed by atoms with Gasteiger partial charge in [0.2, 0.25) is 0 Å². The number of hydrogen-bond donors (Lipinski definition) is 0. The van der Waals surface area contributed by atoms with Crippen molar-refractivity contribution in [1.82, 2.24) is 4.98 Å². The summed E-state index contributed by atoms with van der Waals surface area (Å²) in [5.74, 6) is -2.22. The lowest BCUT2D eigenvalue weighted by Crippen LogP contribution is -2.06. The van der Waals surface area contributed by atoms with Crippen LogP contribution in [-0.2, 0) is 6.18 Å². The zero-order chi connectivity index (χ0) is 20.5. The van der Waals surface area contributed by atoms with Crippen LogP contribution >= 0.6 is 0 Å². The molecule has 28 heavy (non-hydrogen) atoms. The third kappa shape index (κ3) is 4.03. The molecule has 0 aliphatic rings. The first kappa shape index (κ1) is 19.5. The molecule has 0 saturated heterocycles. The van der Waals surface area contributed by atoms with Gasteiger partial charge in [0.1, 0.15) is 5.76 Å². The number of rotatable bonds is 5. The molecule has 0 spiro atoms. The van der Waals surface area contributed by atoms with Crippen molar-refractivity contribution in [2.75, 3.05) is 0 Å². The van der Waals surface area contributed by atoms with Gasteiger partial charge in [-0.15, -0.1) is 0 Å². The molecule has 4 nitrogen and oxygen atoms in total. The lowest BCUT2D eigenvalue weighted by Gasteiger charge is -2.16. The minimum Gasteiger partial charge on any atom is -0.437 e. The topological polar surface area (TPSA) is 60.2 Å². The highest BCUT2D eigenvalue weighted by Gasteiger charge is 2.38. The number of alkyl halides is 3. The van der Waals surface area contributed by atoms with E-state index < -0.39 is 18.0 Å². The predicted octanol–water partition coefficient (Wildman–Crippen LogP) is 5.28. The normalized spacial score (nSPS) is 11.6. The van der Waals surface area contributed by atoms with Crippen molar-refractivity contribution in [2.24, 2.45) is 0 Å². The molecular weight excluding hydrogens is 371 g/mol. The van der Waals surface area contributed by atoms with Gasteiger partial charge in [-0.25, -0.2) is 4.98 Å². The summed E-state index contributed by atoms with van der Waals surface area (Å²) in [6.45, 7) is 2.86. The molecule has 0 aliphatic heterocycles. The highest BCUT2D eigenvalue weighted by molar-refractivity contribution is 5.94. The van der Waals surface area contributed by atoms with Crippen LogP contribution in [0.4, 0.5) is 13.2 Å². The summed E-state index contributed by atoms with van der Waals surface area (Å²) in [6.07, 6.45) is -3.65. The number of carbonyl (C=O) groups is 2. The molecule has 2 aromatic carbocycles. The highest BCUT2D eigenvalue weighted by atomic mass is 19.4. The van der Waals surface area contributed by atoms with Gasteiger partial charge in [-0.05, 0) is 25.0 Å². The van der Waals surface area contributed by atoms with Crippen molar-refractivity contribution in [3.05, 3.63) is 88.6 Å². The first-order valence-electron chi connectivity index (χ1n) is 8.41. The maximum Gasteiger partial charge on any atom is 0.468 e. The van der Waals surface area contributed by atoms with Gasteiger partial charge in [-0.1, -0.05) is 48.5 Å². The molecule has 0 amide bonds. The van der Waals surface area contributed by atoms with E-state index in [0.29, 0.717) is 22.3 Å². The Morgan fingerprint density at radius 3 is 1.61 bits per heavy atom. The Bertz CT molecular complexity index is 945. The molecule has 0 saturated carbocycles. The molecule has 3 rings (SSSR count). The number of aromatic nitrogens is 1. The summed E-state index contributed by atoms with van der Waals surface area (Å²) in [5, 5.41) is 0. The van der Waals surface area contributed by atoms with Crippen molar-refractivity contribution in [1.29, 1.82) is 0 Å². The number of nitrogens with zero attached hydrogens (tertiary/aromatic N) is 1. The average molecular weight is 387 g/mol. The standard InChI is InChI=1S/C21H16F3NO3/c1-12(26)14-3-7-16(8-4-14)19(17-9-5-15(6-10-17)13(2)27)18-11-25-20(28-18)21(22,23)24/h3-11,19H,1-2H3. The monoisotopic (exact) mass is 387 g/mol. The summed E-state index contributed by atoms with van der Waals surface area (Å²) in [6, 6.07) is 13.1. The minimum absolute atomic E-state index is 0.0125. The Kier molecular flexibility index (Phi) is 5.18. The first-order chi connectivity index (χ1) is 13.2. The third-order valence-electron chi connectivity index (χ3n) is 4.35. The van der Waals surface area contributed by atoms with E-state index in [0.717, 1.165) is 6.20 Å². The Morgan fingerprint density at radius 2 is 1.29 bits per heavy atom. The molecule has 1 heterocycles. The Hall–Kier alpha value is -3.22. The van der Waals surface area contributed by atoms with E-state index in [4.69, 9.17) is 4.42 Å². The Balaban J connectivity index is 2.09. The number of halogens is 3. The average Bonchev–Trinajstić information content (AvgIpc) is 3.13. The fourth-order valence-corrected chi connectivity index (χ4v) is 2.89. The van der Waals surface area contributed by atoms with Gasteiger partial charge in [0.05, 0.1) is 12.1 Å². The quantitative estimate of drug-likeness (QED) is 0.559. The van der Waals surface area contributed by atoms with Gasteiger partial charge >= 0.3 is 12.1 Å². The van der Waals surface area contributed by atoms with Gasteiger partial charge in [0.25, 0.3) is 0 Å². The minimum atomic E-state index is -4.69. The van der Waals surface area contributed by atoms with Gasteiger partial charge in [0.15, 0.2) is 11.6 Å². The number of ketones is 2. The first-order valence-corrected chi connectivity index (χ1v) is 8.41. The second-order valence-corrected chi connectivity index (χ2v) is 6.35. The maximum atomic E-state index is 12.9. The lowest BCUT2D eigenvalue weighted by atomic mass is 9.88. The SMILES string of the molecule is CC(=O)c1ccc(C(c2ccc(C(C)=O)cc2)c2cnc(C(F)(F)F)o2)cc1. The van der Waals surface area contributed by atoms with Crippen LogP contribution in [0.25, 0.3) is 0 Å². The van der Waals surface area contributed by atoms with E-state index in [2.05, 4.69) is 4.98 Å². The summed E-state index contributed by atoms with van der Waals surface area (Å²) in [7, 11) is 0. The largest absolute Gasteiger partial charge is 0.468 e. The van der Waals surface area contributed by atoms with Crippen LogP contribution < -0.4 is 0 Å². The van der Waals surface area contributed by atoms with Gasteiger partial charge in [-0.3, -0.25) is 9.59 Å². The Morgan fingerprint density at radius 1 is 0.857 bits per heavy atom. The van der Waals surface area contributed by atoms with Crippen LogP contribution in [-0.4, -0.2) is 16.6 Å². The molecule has 7 heteroatoms. The molecule has 1 aromatic heterocycles. The van der Waals surface area contributed by atoms with E-state index in [-0.39, 0.29) is 17.3 Å². The predicted molar refractivity (Wildman–Crippen MR) is 95.3 cm³/mol. The molecule has 0 atom stereocenters. The molecule has 0 bridgehead atoms. The van der Waals surface area contributed by atoms with Crippen LogP contribution in [0.3, 0.4) is 0 Å². The van der Waals surface area contributed by atoms with Crippen LogP contribution in [0.5, 0.6) is 0 Å². The maximum absolute atomic E-state index is 12.9. The lowest BCUT2D eigenvalue weighted by molar-refractivity contribution is -0.157. The summed E-state index contributed by atoms with van der Waals surface area (Å²) < 4.78 is 43.8. The van der Waals surface area contributed by atoms with Crippen molar-refractivity contribution in [3.63, 3.8) is 0 Å². The fourth-order valence-electron chi connectivity index (χ4n) is 2.89. The highest BCUT2D eigenvalue weighted by Crippen LogP contribution is 2.36. The molecule has 0 unspecified atom stereocenters. The molecule has 0 N–H and O–H groups in total.